The van der Waals surface area contributed by atoms with Crippen LogP contribution in [0.25, 0.3) is 0 Å². The van der Waals surface area contributed by atoms with Crippen molar-refractivity contribution < 1.29 is 56.4 Å². The lowest BCUT2D eigenvalue weighted by molar-refractivity contribution is -0.331. The van der Waals surface area contributed by atoms with Crippen molar-refractivity contribution in [3.63, 3.8) is 0 Å². The van der Waals surface area contributed by atoms with Gasteiger partial charge in [0.05, 0.1) is 13.2 Å². The third-order valence-corrected chi connectivity index (χ3v) is 2.79. The Morgan fingerprint density at radius 2 is 1.65 bits per heavy atom. The molecule has 0 aromatic heterocycles. The Labute approximate surface area is 110 Å². The van der Waals surface area contributed by atoms with E-state index in [0.29, 0.717) is 0 Å². The lowest BCUT2D eigenvalue weighted by Gasteiger charge is -2.40. The fourth-order valence-electron chi connectivity index (χ4n) is 1.03. The van der Waals surface area contributed by atoms with E-state index in [1.807, 2.05) is 0 Å². The van der Waals surface area contributed by atoms with Gasteiger partial charge < -0.3 is 30.3 Å². The Bertz CT molecular complexity index is 410. The molecule has 20 heavy (non-hydrogen) atoms. The van der Waals surface area contributed by atoms with Gasteiger partial charge in [0.1, 0.15) is 18.3 Å². The molecule has 4 atom stereocenters. The molecule has 0 spiro atoms. The predicted octanol–water partition coefficient (Wildman–Crippen LogP) is -2.83. The van der Waals surface area contributed by atoms with Gasteiger partial charge in [-0.1, -0.05) is 0 Å². The lowest BCUT2D eigenvalue weighted by Crippen LogP contribution is -2.62. The molecule has 0 radical (unpaired) electrons. The van der Waals surface area contributed by atoms with E-state index in [-0.39, 0.29) is 6.61 Å². The molecule has 13 heteroatoms. The summed E-state index contributed by atoms with van der Waals surface area (Å²) in [5, 5.41) is 45.0. The molecule has 0 aromatic rings. The van der Waals surface area contributed by atoms with Crippen LogP contribution in [-0.2, 0) is 14.9 Å². The monoisotopic (exact) mass is 330 g/mol. The molecule has 9 nitrogen and oxygen atoms in total. The standard InChI is InChI=1S/C6H12O6.CHF3O3S/c7-2-6(11)5(10)4(9)3(8)1-12-6;2-1(3,4)8(5,6)7/h3-5,7-11H,1-2H2;(H,5,6,7)/t3-,4-,5+,6-;/m1./s1. The second-order valence-corrected chi connectivity index (χ2v) is 5.15. The molecule has 0 aromatic carbocycles. The van der Waals surface area contributed by atoms with E-state index in [2.05, 4.69) is 4.74 Å². The average Bonchev–Trinajstić information content (AvgIpc) is 2.30. The van der Waals surface area contributed by atoms with Crippen molar-refractivity contribution in [2.45, 2.75) is 29.6 Å². The number of aliphatic hydroxyl groups excluding tert-OH is 4. The third-order valence-electron chi connectivity index (χ3n) is 2.20. The van der Waals surface area contributed by atoms with Crippen LogP contribution in [0.1, 0.15) is 0 Å². The minimum Gasteiger partial charge on any atom is -0.391 e. The van der Waals surface area contributed by atoms with Crippen molar-refractivity contribution in [3.8, 4) is 0 Å². The topological polar surface area (TPSA) is 165 Å². The lowest BCUT2D eigenvalue weighted by atomic mass is 9.98. The summed E-state index contributed by atoms with van der Waals surface area (Å²) in [6, 6.07) is 0. The van der Waals surface area contributed by atoms with Gasteiger partial charge in [0.2, 0.25) is 5.79 Å². The van der Waals surface area contributed by atoms with E-state index in [0.717, 1.165) is 0 Å². The van der Waals surface area contributed by atoms with Gasteiger partial charge in [0.15, 0.2) is 0 Å². The highest BCUT2D eigenvalue weighted by molar-refractivity contribution is 7.86. The second-order valence-electron chi connectivity index (χ2n) is 3.74. The molecule has 1 rings (SSSR count). The summed E-state index contributed by atoms with van der Waals surface area (Å²) in [7, 11) is -5.84. The van der Waals surface area contributed by atoms with Crippen LogP contribution in [0, 0.1) is 0 Å². The van der Waals surface area contributed by atoms with Gasteiger partial charge in [-0.05, 0) is 0 Å². The molecule has 1 aliphatic heterocycles. The summed E-state index contributed by atoms with van der Waals surface area (Å²) in [6.07, 6.45) is -4.45. The van der Waals surface area contributed by atoms with E-state index >= 15 is 0 Å². The molecule has 1 saturated heterocycles. The molecule has 122 valence electrons. The Morgan fingerprint density at radius 3 is 1.95 bits per heavy atom. The van der Waals surface area contributed by atoms with E-state index < -0.39 is 46.3 Å². The van der Waals surface area contributed by atoms with E-state index in [1.165, 1.54) is 0 Å². The number of alkyl halides is 3. The second kappa shape index (κ2) is 6.48. The highest BCUT2D eigenvalue weighted by Crippen LogP contribution is 2.23. The summed E-state index contributed by atoms with van der Waals surface area (Å²) >= 11 is 0. The highest BCUT2D eigenvalue weighted by Gasteiger charge is 2.48. The van der Waals surface area contributed by atoms with Crippen molar-refractivity contribution >= 4 is 10.1 Å². The Morgan fingerprint density at radius 1 is 1.25 bits per heavy atom. The first-order valence-electron chi connectivity index (χ1n) is 4.81. The van der Waals surface area contributed by atoms with Crippen molar-refractivity contribution in [2.75, 3.05) is 13.2 Å². The summed E-state index contributed by atoms with van der Waals surface area (Å²) in [5.41, 5.74) is -5.53. The first-order chi connectivity index (χ1) is 8.76. The minimum absolute atomic E-state index is 0.324. The number of halogens is 3. The number of aliphatic hydroxyl groups is 5. The summed E-state index contributed by atoms with van der Waals surface area (Å²) < 4.78 is 62.1. The Balaban J connectivity index is 0.000000396. The van der Waals surface area contributed by atoms with Gasteiger partial charge >= 0.3 is 15.6 Å². The van der Waals surface area contributed by atoms with Crippen LogP contribution < -0.4 is 0 Å². The van der Waals surface area contributed by atoms with Crippen molar-refractivity contribution in [3.05, 3.63) is 0 Å². The number of hydrogen-bond acceptors (Lipinski definition) is 8. The molecule has 0 amide bonds. The minimum atomic E-state index is -5.84. The molecule has 0 saturated carbocycles. The van der Waals surface area contributed by atoms with E-state index in [9.17, 15) is 18.3 Å². The first kappa shape index (κ1) is 19.5. The van der Waals surface area contributed by atoms with Crippen LogP contribution in [0.5, 0.6) is 0 Å². The zero-order valence-electron chi connectivity index (χ0n) is 9.60. The van der Waals surface area contributed by atoms with Crippen LogP contribution >= 0.6 is 0 Å². The van der Waals surface area contributed by atoms with Gasteiger partial charge in [-0.3, -0.25) is 4.55 Å². The Kier molecular flexibility index (Phi) is 6.31. The average molecular weight is 330 g/mol. The van der Waals surface area contributed by atoms with Gasteiger partial charge in [-0.25, -0.2) is 0 Å². The van der Waals surface area contributed by atoms with Crippen molar-refractivity contribution in [1.82, 2.24) is 0 Å². The Hall–Kier alpha value is -0.540. The fraction of sp³-hybridized carbons (Fsp3) is 1.00. The molecule has 1 aliphatic rings. The SMILES string of the molecule is O=S(=O)(O)C(F)(F)F.OC[C@@]1(O)OC[C@@H](O)[C@@H](O)[C@@H]1O. The molecule has 0 bridgehead atoms. The maximum Gasteiger partial charge on any atom is 0.522 e. The first-order valence-corrected chi connectivity index (χ1v) is 6.25. The zero-order chi connectivity index (χ0) is 16.4. The van der Waals surface area contributed by atoms with E-state index in [4.69, 9.17) is 33.4 Å². The number of hydrogen-bond donors (Lipinski definition) is 6. The number of rotatable bonds is 1. The molecule has 1 heterocycles. The zero-order valence-corrected chi connectivity index (χ0v) is 10.4. The van der Waals surface area contributed by atoms with Crippen LogP contribution in [-0.4, -0.2) is 81.3 Å². The molecular formula is C7H13F3O9S. The molecular weight excluding hydrogens is 317 g/mol. The van der Waals surface area contributed by atoms with Crippen LogP contribution in [0.2, 0.25) is 0 Å². The molecule has 1 fully saturated rings. The van der Waals surface area contributed by atoms with Gasteiger partial charge in [0.25, 0.3) is 0 Å². The normalized spacial score (nSPS) is 35.1. The summed E-state index contributed by atoms with van der Waals surface area (Å²) in [5.74, 6) is -2.17. The third kappa shape index (κ3) is 4.78. The largest absolute Gasteiger partial charge is 0.522 e. The van der Waals surface area contributed by atoms with Crippen LogP contribution in [0.3, 0.4) is 0 Å². The fourth-order valence-corrected chi connectivity index (χ4v) is 1.03. The van der Waals surface area contributed by atoms with Gasteiger partial charge in [-0.2, -0.15) is 21.6 Å². The molecule has 0 unspecified atom stereocenters. The van der Waals surface area contributed by atoms with Crippen LogP contribution in [0.15, 0.2) is 0 Å². The summed E-state index contributed by atoms with van der Waals surface area (Å²) in [6.45, 7) is -1.16. The maximum atomic E-state index is 10.7. The molecule has 0 aliphatic carbocycles. The molecule has 6 N–H and O–H groups in total. The quantitative estimate of drug-likeness (QED) is 0.219. The van der Waals surface area contributed by atoms with Gasteiger partial charge in [-0.15, -0.1) is 0 Å². The highest BCUT2D eigenvalue weighted by atomic mass is 32.2. The van der Waals surface area contributed by atoms with Crippen LogP contribution in [0.4, 0.5) is 13.2 Å². The smallest absolute Gasteiger partial charge is 0.391 e. The van der Waals surface area contributed by atoms with Gasteiger partial charge in [0, 0.05) is 0 Å². The van der Waals surface area contributed by atoms with Crippen molar-refractivity contribution in [1.29, 1.82) is 0 Å². The summed E-state index contributed by atoms with van der Waals surface area (Å²) in [4.78, 5) is 0. The predicted molar refractivity (Wildman–Crippen MR) is 53.6 cm³/mol. The van der Waals surface area contributed by atoms with E-state index in [1.54, 1.807) is 0 Å². The maximum absolute atomic E-state index is 10.7. The number of ether oxygens (including phenoxy) is 1. The van der Waals surface area contributed by atoms with Crippen molar-refractivity contribution in [2.24, 2.45) is 0 Å².